The highest BCUT2D eigenvalue weighted by Crippen LogP contribution is 2.31. The van der Waals surface area contributed by atoms with Crippen LogP contribution in [0.2, 0.25) is 0 Å². The molecule has 2 heterocycles. The molecule has 5 nitrogen and oxygen atoms in total. The standard InChI is InChI=1S/C27H26F2N2O3S/c1-15-12-25(30-24-14-21(33-5)10-11-22(15)24)35-18(4)26(32)23-13-16(2)31(17(23)3)19-6-8-20(9-7-19)34-27(28)29/h6-14,18,27H,1-5H3/t18-/m1/s1. The number of rotatable bonds is 8. The van der Waals surface area contributed by atoms with Gasteiger partial charge in [0.1, 0.15) is 11.5 Å². The number of thioether (sulfide) groups is 1. The Balaban J connectivity index is 1.58. The van der Waals surface area contributed by atoms with E-state index in [9.17, 15) is 13.6 Å². The summed E-state index contributed by atoms with van der Waals surface area (Å²) in [6.45, 7) is 4.82. The zero-order valence-corrected chi connectivity index (χ0v) is 21.0. The topological polar surface area (TPSA) is 53.4 Å². The third-order valence-corrected chi connectivity index (χ3v) is 6.90. The number of halogens is 2. The van der Waals surface area contributed by atoms with Crippen molar-refractivity contribution in [3.8, 4) is 17.2 Å². The number of benzene rings is 2. The molecule has 8 heteroatoms. The molecule has 0 amide bonds. The van der Waals surface area contributed by atoms with Crippen molar-refractivity contribution in [3.05, 3.63) is 77.1 Å². The van der Waals surface area contributed by atoms with Crippen LogP contribution >= 0.6 is 11.8 Å². The SMILES string of the molecule is COc1ccc2c(C)cc(S[C@H](C)C(=O)c3cc(C)n(-c4ccc(OC(F)F)cc4)c3C)nc2c1. The fourth-order valence-electron chi connectivity index (χ4n) is 4.18. The minimum atomic E-state index is -2.87. The number of pyridine rings is 1. The highest BCUT2D eigenvalue weighted by Gasteiger charge is 2.23. The first-order chi connectivity index (χ1) is 16.7. The average Bonchev–Trinajstić information content (AvgIpc) is 3.12. The molecule has 35 heavy (non-hydrogen) atoms. The van der Waals surface area contributed by atoms with E-state index < -0.39 is 6.61 Å². The van der Waals surface area contributed by atoms with Crippen LogP contribution in [0.25, 0.3) is 16.6 Å². The molecule has 182 valence electrons. The van der Waals surface area contributed by atoms with Crippen LogP contribution in [-0.4, -0.2) is 34.3 Å². The number of carbonyl (C=O) groups is 1. The van der Waals surface area contributed by atoms with Crippen LogP contribution in [0, 0.1) is 20.8 Å². The Hall–Kier alpha value is -3.39. The molecule has 1 atom stereocenters. The predicted molar refractivity (Wildman–Crippen MR) is 135 cm³/mol. The lowest BCUT2D eigenvalue weighted by Gasteiger charge is -2.13. The Kier molecular flexibility index (Phi) is 7.12. The van der Waals surface area contributed by atoms with Gasteiger partial charge in [0, 0.05) is 34.1 Å². The fraction of sp³-hybridized carbons (Fsp3) is 0.259. The van der Waals surface area contributed by atoms with Gasteiger partial charge in [-0.25, -0.2) is 4.98 Å². The Morgan fingerprint density at radius 1 is 1.00 bits per heavy atom. The van der Waals surface area contributed by atoms with Gasteiger partial charge in [-0.05, 0) is 81.8 Å². The van der Waals surface area contributed by atoms with Gasteiger partial charge < -0.3 is 14.0 Å². The number of fused-ring (bicyclic) bond motifs is 1. The number of Topliss-reactive ketones (excluding diaryl/α,β-unsaturated/α-hetero) is 1. The van der Waals surface area contributed by atoms with Crippen molar-refractivity contribution >= 4 is 28.4 Å². The zero-order chi connectivity index (χ0) is 25.3. The molecule has 0 saturated carbocycles. The molecule has 0 aliphatic rings. The molecule has 2 aromatic carbocycles. The van der Waals surface area contributed by atoms with Crippen molar-refractivity contribution in [1.82, 2.24) is 9.55 Å². The zero-order valence-electron chi connectivity index (χ0n) is 20.1. The van der Waals surface area contributed by atoms with E-state index in [1.165, 1.54) is 23.9 Å². The van der Waals surface area contributed by atoms with Crippen molar-refractivity contribution in [2.24, 2.45) is 0 Å². The Labute approximate surface area is 207 Å². The number of hydrogen-bond donors (Lipinski definition) is 0. The van der Waals surface area contributed by atoms with Gasteiger partial charge in [0.15, 0.2) is 5.78 Å². The summed E-state index contributed by atoms with van der Waals surface area (Å²) in [6, 6.07) is 16.0. The lowest BCUT2D eigenvalue weighted by molar-refractivity contribution is -0.0498. The lowest BCUT2D eigenvalue weighted by Crippen LogP contribution is -2.15. The van der Waals surface area contributed by atoms with Crippen molar-refractivity contribution in [2.45, 2.75) is 44.6 Å². The van der Waals surface area contributed by atoms with E-state index in [0.29, 0.717) is 5.56 Å². The molecule has 0 saturated heterocycles. The summed E-state index contributed by atoms with van der Waals surface area (Å²) in [6.07, 6.45) is 0. The van der Waals surface area contributed by atoms with Gasteiger partial charge in [0.05, 0.1) is 22.9 Å². The molecule has 0 spiro atoms. The number of ether oxygens (including phenoxy) is 2. The van der Waals surface area contributed by atoms with E-state index in [-0.39, 0.29) is 16.8 Å². The monoisotopic (exact) mass is 496 g/mol. The highest BCUT2D eigenvalue weighted by atomic mass is 32.2. The molecule has 0 aliphatic heterocycles. The highest BCUT2D eigenvalue weighted by molar-refractivity contribution is 8.00. The van der Waals surface area contributed by atoms with Gasteiger partial charge in [-0.3, -0.25) is 4.79 Å². The third-order valence-electron chi connectivity index (χ3n) is 5.88. The number of nitrogens with zero attached hydrogens (tertiary/aromatic N) is 2. The van der Waals surface area contributed by atoms with E-state index in [2.05, 4.69) is 4.74 Å². The lowest BCUT2D eigenvalue weighted by atomic mass is 10.1. The second-order valence-electron chi connectivity index (χ2n) is 8.28. The molecule has 4 aromatic rings. The van der Waals surface area contributed by atoms with Crippen LogP contribution < -0.4 is 9.47 Å². The molecule has 0 aliphatic carbocycles. The summed E-state index contributed by atoms with van der Waals surface area (Å²) < 4.78 is 36.6. The van der Waals surface area contributed by atoms with E-state index >= 15 is 0 Å². The van der Waals surface area contributed by atoms with Crippen molar-refractivity contribution < 1.29 is 23.0 Å². The van der Waals surface area contributed by atoms with Gasteiger partial charge in [-0.15, -0.1) is 0 Å². The first-order valence-electron chi connectivity index (χ1n) is 11.1. The summed E-state index contributed by atoms with van der Waals surface area (Å²) in [5.41, 5.74) is 4.95. The summed E-state index contributed by atoms with van der Waals surface area (Å²) in [5, 5.41) is 1.45. The minimum Gasteiger partial charge on any atom is -0.497 e. The normalized spacial score (nSPS) is 12.2. The fourth-order valence-corrected chi connectivity index (χ4v) is 5.17. The molecular formula is C27H26F2N2O3S. The van der Waals surface area contributed by atoms with Crippen molar-refractivity contribution in [1.29, 1.82) is 0 Å². The number of alkyl halides is 2. The molecule has 4 rings (SSSR count). The number of aryl methyl sites for hydroxylation is 2. The molecular weight excluding hydrogens is 470 g/mol. The molecule has 0 radical (unpaired) electrons. The summed E-state index contributed by atoms with van der Waals surface area (Å²) in [4.78, 5) is 18.1. The molecule has 0 bridgehead atoms. The Morgan fingerprint density at radius 3 is 2.34 bits per heavy atom. The average molecular weight is 497 g/mol. The Bertz CT molecular complexity index is 1380. The van der Waals surface area contributed by atoms with Gasteiger partial charge in [-0.2, -0.15) is 8.78 Å². The number of methoxy groups -OCH3 is 1. The second-order valence-corrected chi connectivity index (χ2v) is 9.64. The maximum Gasteiger partial charge on any atom is 0.387 e. The van der Waals surface area contributed by atoms with Gasteiger partial charge in [0.2, 0.25) is 0 Å². The minimum absolute atomic E-state index is 0.00260. The smallest absolute Gasteiger partial charge is 0.387 e. The van der Waals surface area contributed by atoms with Gasteiger partial charge in [0.25, 0.3) is 0 Å². The molecule has 0 unspecified atom stereocenters. The molecule has 0 fully saturated rings. The molecule has 0 N–H and O–H groups in total. The van der Waals surface area contributed by atoms with Crippen LogP contribution in [0.5, 0.6) is 11.5 Å². The van der Waals surface area contributed by atoms with Crippen molar-refractivity contribution in [3.63, 3.8) is 0 Å². The largest absolute Gasteiger partial charge is 0.497 e. The van der Waals surface area contributed by atoms with E-state index in [1.54, 1.807) is 19.2 Å². The van der Waals surface area contributed by atoms with E-state index in [0.717, 1.165) is 44.3 Å². The maximum atomic E-state index is 13.4. The van der Waals surface area contributed by atoms with E-state index in [4.69, 9.17) is 9.72 Å². The summed E-state index contributed by atoms with van der Waals surface area (Å²) >= 11 is 1.42. The Morgan fingerprint density at radius 2 is 1.69 bits per heavy atom. The maximum absolute atomic E-state index is 13.4. The van der Waals surface area contributed by atoms with Gasteiger partial charge >= 0.3 is 6.61 Å². The van der Waals surface area contributed by atoms with Crippen LogP contribution in [0.4, 0.5) is 8.78 Å². The summed E-state index contributed by atoms with van der Waals surface area (Å²) in [5.74, 6) is 0.817. The van der Waals surface area contributed by atoms with Crippen LogP contribution in [0.3, 0.4) is 0 Å². The number of carbonyl (C=O) groups excluding carboxylic acids is 1. The quantitative estimate of drug-likeness (QED) is 0.196. The van der Waals surface area contributed by atoms with Gasteiger partial charge in [-0.1, -0.05) is 11.8 Å². The second kappa shape index (κ2) is 10.1. The third kappa shape index (κ3) is 5.17. The summed E-state index contributed by atoms with van der Waals surface area (Å²) in [7, 11) is 1.62. The first-order valence-corrected chi connectivity index (χ1v) is 12.0. The number of ketones is 1. The number of aromatic nitrogens is 2. The van der Waals surface area contributed by atoms with Crippen LogP contribution in [-0.2, 0) is 0 Å². The van der Waals surface area contributed by atoms with E-state index in [1.807, 2.05) is 62.6 Å². The predicted octanol–water partition coefficient (Wildman–Crippen LogP) is 6.92. The number of hydrogen-bond acceptors (Lipinski definition) is 5. The molecule has 2 aromatic heterocycles. The van der Waals surface area contributed by atoms with Crippen molar-refractivity contribution in [2.75, 3.05) is 7.11 Å². The first kappa shape index (κ1) is 24.7. The van der Waals surface area contributed by atoms with Crippen LogP contribution in [0.15, 0.2) is 59.6 Å². The van der Waals surface area contributed by atoms with Crippen LogP contribution in [0.1, 0.15) is 34.2 Å².